The number of halogens is 1. The van der Waals surface area contributed by atoms with Crippen LogP contribution in [0.1, 0.15) is 30.9 Å². The van der Waals surface area contributed by atoms with E-state index >= 15 is 0 Å². The third kappa shape index (κ3) is 2.70. The van der Waals surface area contributed by atoms with Crippen molar-refractivity contribution in [2.45, 2.75) is 26.7 Å². The maximum absolute atomic E-state index is 4.25. The molecule has 0 fully saturated rings. The second kappa shape index (κ2) is 5.48. The lowest BCUT2D eigenvalue weighted by Gasteiger charge is -2.17. The Labute approximate surface area is 116 Å². The molecule has 0 aliphatic carbocycles. The van der Waals surface area contributed by atoms with Gasteiger partial charge in [-0.25, -0.2) is 9.97 Å². The summed E-state index contributed by atoms with van der Waals surface area (Å²) in [6.07, 6.45) is 3.28. The van der Waals surface area contributed by atoms with Crippen molar-refractivity contribution in [2.75, 3.05) is 5.32 Å². The molecular formula is C14H16BrN3. The van der Waals surface area contributed by atoms with Gasteiger partial charge >= 0.3 is 0 Å². The van der Waals surface area contributed by atoms with Crippen molar-refractivity contribution < 1.29 is 0 Å². The highest BCUT2D eigenvalue weighted by atomic mass is 79.9. The number of hydrogen-bond donors (Lipinski definition) is 1. The third-order valence-electron chi connectivity index (χ3n) is 2.84. The van der Waals surface area contributed by atoms with Crippen LogP contribution in [-0.4, -0.2) is 9.97 Å². The van der Waals surface area contributed by atoms with Gasteiger partial charge in [0, 0.05) is 11.9 Å². The number of nitrogens with zero attached hydrogens (tertiary/aromatic N) is 2. The van der Waals surface area contributed by atoms with Gasteiger partial charge in [-0.1, -0.05) is 32.0 Å². The topological polar surface area (TPSA) is 37.8 Å². The van der Waals surface area contributed by atoms with Crippen LogP contribution in [0.5, 0.6) is 0 Å². The fraction of sp³-hybridized carbons (Fsp3) is 0.286. The van der Waals surface area contributed by atoms with Crippen LogP contribution in [0.2, 0.25) is 0 Å². The van der Waals surface area contributed by atoms with Gasteiger partial charge in [0.05, 0.1) is 4.47 Å². The molecule has 0 radical (unpaired) electrons. The predicted octanol–water partition coefficient (Wildman–Crippen LogP) is 4.41. The Morgan fingerprint density at radius 3 is 2.72 bits per heavy atom. The second-order valence-electron chi connectivity index (χ2n) is 4.54. The minimum absolute atomic E-state index is 0.466. The van der Waals surface area contributed by atoms with E-state index in [0.29, 0.717) is 5.92 Å². The Hall–Kier alpha value is -1.42. The number of nitrogens with one attached hydrogen (secondary N) is 1. The van der Waals surface area contributed by atoms with E-state index in [1.54, 1.807) is 12.5 Å². The molecule has 2 aromatic rings. The van der Waals surface area contributed by atoms with E-state index < -0.39 is 0 Å². The minimum Gasteiger partial charge on any atom is -0.339 e. The summed E-state index contributed by atoms with van der Waals surface area (Å²) in [6.45, 7) is 6.48. The van der Waals surface area contributed by atoms with Crippen molar-refractivity contribution in [3.8, 4) is 0 Å². The van der Waals surface area contributed by atoms with Crippen LogP contribution < -0.4 is 5.32 Å². The van der Waals surface area contributed by atoms with Crippen molar-refractivity contribution in [3.05, 3.63) is 46.3 Å². The van der Waals surface area contributed by atoms with E-state index in [-0.39, 0.29) is 0 Å². The summed E-state index contributed by atoms with van der Waals surface area (Å²) >= 11 is 3.45. The number of aromatic nitrogens is 2. The largest absolute Gasteiger partial charge is 0.339 e. The molecule has 0 saturated carbocycles. The van der Waals surface area contributed by atoms with Crippen LogP contribution in [0.15, 0.2) is 35.2 Å². The van der Waals surface area contributed by atoms with Gasteiger partial charge in [-0.15, -0.1) is 0 Å². The number of benzene rings is 1. The first kappa shape index (κ1) is 13.0. The smallest absolute Gasteiger partial charge is 0.148 e. The van der Waals surface area contributed by atoms with Crippen LogP contribution in [0, 0.1) is 6.92 Å². The Morgan fingerprint density at radius 2 is 2.06 bits per heavy atom. The van der Waals surface area contributed by atoms with Crippen molar-refractivity contribution >= 4 is 27.4 Å². The first-order valence-electron chi connectivity index (χ1n) is 5.91. The number of hydrogen-bond acceptors (Lipinski definition) is 3. The highest BCUT2D eigenvalue weighted by molar-refractivity contribution is 9.10. The van der Waals surface area contributed by atoms with Crippen LogP contribution >= 0.6 is 15.9 Å². The first-order chi connectivity index (χ1) is 8.59. The van der Waals surface area contributed by atoms with Gasteiger partial charge < -0.3 is 5.32 Å². The predicted molar refractivity (Wildman–Crippen MR) is 78.3 cm³/mol. The maximum Gasteiger partial charge on any atom is 0.148 e. The van der Waals surface area contributed by atoms with Crippen LogP contribution in [0.25, 0.3) is 0 Å². The summed E-state index contributed by atoms with van der Waals surface area (Å²) < 4.78 is 0.864. The van der Waals surface area contributed by atoms with E-state index in [1.165, 1.54) is 11.1 Å². The van der Waals surface area contributed by atoms with Crippen molar-refractivity contribution in [2.24, 2.45) is 0 Å². The van der Waals surface area contributed by atoms with E-state index in [2.05, 4.69) is 70.2 Å². The molecule has 0 amide bonds. The van der Waals surface area contributed by atoms with Gasteiger partial charge in [0.15, 0.2) is 0 Å². The quantitative estimate of drug-likeness (QED) is 0.912. The molecule has 4 heteroatoms. The normalized spacial score (nSPS) is 10.7. The lowest BCUT2D eigenvalue weighted by atomic mass is 9.98. The average molecular weight is 306 g/mol. The van der Waals surface area contributed by atoms with Gasteiger partial charge in [0.1, 0.15) is 12.1 Å². The van der Waals surface area contributed by atoms with Gasteiger partial charge in [-0.05, 0) is 39.9 Å². The molecule has 1 aromatic carbocycles. The van der Waals surface area contributed by atoms with Crippen molar-refractivity contribution in [1.29, 1.82) is 0 Å². The Balaban J connectivity index is 2.43. The van der Waals surface area contributed by atoms with Crippen LogP contribution in [0.4, 0.5) is 11.5 Å². The van der Waals surface area contributed by atoms with E-state index in [9.17, 15) is 0 Å². The molecule has 1 N–H and O–H groups in total. The average Bonchev–Trinajstić information content (AvgIpc) is 2.34. The fourth-order valence-electron chi connectivity index (χ4n) is 1.87. The first-order valence-corrected chi connectivity index (χ1v) is 6.71. The molecule has 0 bridgehead atoms. The Bertz CT molecular complexity index is 552. The molecule has 0 spiro atoms. The molecule has 2 rings (SSSR count). The zero-order chi connectivity index (χ0) is 13.1. The molecule has 0 saturated heterocycles. The molecule has 1 heterocycles. The molecule has 0 aliphatic rings. The summed E-state index contributed by atoms with van der Waals surface area (Å²) in [6, 6.07) is 6.34. The molecule has 0 unspecified atom stereocenters. The van der Waals surface area contributed by atoms with Crippen LogP contribution in [0.3, 0.4) is 0 Å². The van der Waals surface area contributed by atoms with E-state index in [4.69, 9.17) is 0 Å². The summed E-state index contributed by atoms with van der Waals surface area (Å²) in [4.78, 5) is 8.21. The minimum atomic E-state index is 0.466. The van der Waals surface area contributed by atoms with E-state index in [1.807, 2.05) is 0 Å². The molecule has 18 heavy (non-hydrogen) atoms. The second-order valence-corrected chi connectivity index (χ2v) is 5.39. The zero-order valence-electron chi connectivity index (χ0n) is 10.7. The van der Waals surface area contributed by atoms with Gasteiger partial charge in [-0.3, -0.25) is 0 Å². The Morgan fingerprint density at radius 1 is 1.28 bits per heavy atom. The number of para-hydroxylation sites is 1. The lowest BCUT2D eigenvalue weighted by Crippen LogP contribution is -2.02. The summed E-state index contributed by atoms with van der Waals surface area (Å²) in [5.41, 5.74) is 3.64. The van der Waals surface area contributed by atoms with Gasteiger partial charge in [0.25, 0.3) is 0 Å². The third-order valence-corrected chi connectivity index (χ3v) is 3.42. The highest BCUT2D eigenvalue weighted by Gasteiger charge is 2.10. The summed E-state index contributed by atoms with van der Waals surface area (Å²) in [5, 5.41) is 3.39. The molecule has 0 atom stereocenters. The molecule has 94 valence electrons. The molecular weight excluding hydrogens is 290 g/mol. The maximum atomic E-state index is 4.25. The highest BCUT2D eigenvalue weighted by Crippen LogP contribution is 2.31. The van der Waals surface area contributed by atoms with E-state index in [0.717, 1.165) is 16.0 Å². The fourth-order valence-corrected chi connectivity index (χ4v) is 2.19. The molecule has 3 nitrogen and oxygen atoms in total. The monoisotopic (exact) mass is 305 g/mol. The van der Waals surface area contributed by atoms with Crippen molar-refractivity contribution in [3.63, 3.8) is 0 Å². The van der Waals surface area contributed by atoms with Gasteiger partial charge in [-0.2, -0.15) is 0 Å². The van der Waals surface area contributed by atoms with Gasteiger partial charge in [0.2, 0.25) is 0 Å². The number of anilines is 2. The SMILES string of the molecule is Cc1cccc(C(C)C)c1Nc1ncncc1Br. The molecule has 0 aliphatic heterocycles. The van der Waals surface area contributed by atoms with Crippen molar-refractivity contribution in [1.82, 2.24) is 9.97 Å². The number of rotatable bonds is 3. The lowest BCUT2D eigenvalue weighted by molar-refractivity contribution is 0.867. The van der Waals surface area contributed by atoms with Crippen LogP contribution in [-0.2, 0) is 0 Å². The summed E-state index contributed by atoms with van der Waals surface area (Å²) in [5.74, 6) is 1.26. The standard InChI is InChI=1S/C14H16BrN3/c1-9(2)11-6-4-5-10(3)13(11)18-14-12(15)7-16-8-17-14/h4-9H,1-3H3,(H,16,17,18). The summed E-state index contributed by atoms with van der Waals surface area (Å²) in [7, 11) is 0. The Kier molecular flexibility index (Phi) is 3.97. The zero-order valence-corrected chi connectivity index (χ0v) is 12.3. The molecule has 1 aromatic heterocycles. The number of aryl methyl sites for hydroxylation is 1.